The fourth-order valence-corrected chi connectivity index (χ4v) is 3.45. The molecule has 1 aromatic heterocycles. The zero-order chi connectivity index (χ0) is 18.3. The van der Waals surface area contributed by atoms with E-state index in [2.05, 4.69) is 6.58 Å². The summed E-state index contributed by atoms with van der Waals surface area (Å²) in [7, 11) is 1.58. The molecule has 3 aromatic rings. The van der Waals surface area contributed by atoms with E-state index in [9.17, 15) is 9.59 Å². The van der Waals surface area contributed by atoms with E-state index in [4.69, 9.17) is 9.15 Å². The number of para-hydroxylation sites is 1. The smallest absolute Gasteiger partial charge is 0.291 e. The van der Waals surface area contributed by atoms with Crippen LogP contribution in [0.2, 0.25) is 0 Å². The fraction of sp³-hybridized carbons (Fsp3) is 0.143. The van der Waals surface area contributed by atoms with Crippen LogP contribution in [0.5, 0.6) is 5.75 Å². The zero-order valence-corrected chi connectivity index (χ0v) is 14.3. The second kappa shape index (κ2) is 6.19. The van der Waals surface area contributed by atoms with Crippen LogP contribution < -0.4 is 10.2 Å². The van der Waals surface area contributed by atoms with E-state index >= 15 is 0 Å². The minimum atomic E-state index is -0.536. The van der Waals surface area contributed by atoms with Gasteiger partial charge in [-0.25, -0.2) is 0 Å². The Labute approximate surface area is 150 Å². The standard InChI is InChI=1S/C21H17NO4/c1-3-11-22-18(13-7-6-8-14(12-13)25-2)17-19(23)15-9-4-5-10-16(15)26-20(17)21(22)24/h3-10,12,18H,1,11H2,2H3. The first kappa shape index (κ1) is 16.1. The first-order valence-corrected chi connectivity index (χ1v) is 8.27. The number of nitrogens with zero attached hydrogens (tertiary/aromatic N) is 1. The summed E-state index contributed by atoms with van der Waals surface area (Å²) in [5.41, 5.74) is 1.38. The number of benzene rings is 2. The van der Waals surface area contributed by atoms with Crippen molar-refractivity contribution in [3.63, 3.8) is 0 Å². The highest BCUT2D eigenvalue weighted by Crippen LogP contribution is 2.38. The normalized spacial score (nSPS) is 16.0. The molecule has 130 valence electrons. The molecule has 1 aliphatic rings. The monoisotopic (exact) mass is 347 g/mol. The molecule has 0 saturated carbocycles. The first-order chi connectivity index (χ1) is 12.7. The summed E-state index contributed by atoms with van der Waals surface area (Å²) in [6.45, 7) is 4.04. The van der Waals surface area contributed by atoms with E-state index in [0.717, 1.165) is 5.56 Å². The van der Waals surface area contributed by atoms with Gasteiger partial charge in [0, 0.05) is 6.54 Å². The van der Waals surface area contributed by atoms with Crippen LogP contribution in [0.1, 0.15) is 27.7 Å². The lowest BCUT2D eigenvalue weighted by Gasteiger charge is -2.24. The second-order valence-corrected chi connectivity index (χ2v) is 6.10. The molecule has 0 radical (unpaired) electrons. The molecule has 1 unspecified atom stereocenters. The summed E-state index contributed by atoms with van der Waals surface area (Å²) in [6, 6.07) is 13.8. The van der Waals surface area contributed by atoms with Gasteiger partial charge in [-0.15, -0.1) is 6.58 Å². The van der Waals surface area contributed by atoms with Gasteiger partial charge in [-0.3, -0.25) is 9.59 Å². The molecule has 0 spiro atoms. The SMILES string of the molecule is C=CCN1C(=O)c2oc3ccccc3c(=O)c2C1c1cccc(OC)c1. The molecule has 1 atom stereocenters. The summed E-state index contributed by atoms with van der Waals surface area (Å²) >= 11 is 0. The molecular formula is C21H17NO4. The maximum atomic E-state index is 13.2. The molecule has 2 heterocycles. The minimum absolute atomic E-state index is 0.100. The summed E-state index contributed by atoms with van der Waals surface area (Å²) in [5, 5.41) is 0.465. The Hall–Kier alpha value is -3.34. The minimum Gasteiger partial charge on any atom is -0.497 e. The van der Waals surface area contributed by atoms with E-state index in [1.807, 2.05) is 24.3 Å². The third-order valence-electron chi connectivity index (χ3n) is 4.61. The Balaban J connectivity index is 2.01. The molecule has 0 aliphatic carbocycles. The average molecular weight is 347 g/mol. The predicted octanol–water partition coefficient (Wildman–Crippen LogP) is 3.53. The van der Waals surface area contributed by atoms with Gasteiger partial charge in [0.1, 0.15) is 11.3 Å². The number of rotatable bonds is 4. The van der Waals surface area contributed by atoms with E-state index in [1.165, 1.54) is 0 Å². The highest BCUT2D eigenvalue weighted by molar-refractivity contribution is 5.99. The number of amides is 1. The van der Waals surface area contributed by atoms with Crippen LogP contribution in [0, 0.1) is 0 Å². The van der Waals surface area contributed by atoms with Crippen LogP contribution >= 0.6 is 0 Å². The van der Waals surface area contributed by atoms with Gasteiger partial charge in [0.25, 0.3) is 5.91 Å². The summed E-state index contributed by atoms with van der Waals surface area (Å²) in [6.07, 6.45) is 1.64. The number of carbonyl (C=O) groups is 1. The molecule has 0 bridgehead atoms. The highest BCUT2D eigenvalue weighted by Gasteiger charge is 2.42. The van der Waals surface area contributed by atoms with Gasteiger partial charge in [-0.1, -0.05) is 30.3 Å². The van der Waals surface area contributed by atoms with Gasteiger partial charge in [-0.05, 0) is 29.8 Å². The number of carbonyl (C=O) groups excluding carboxylic acids is 1. The Morgan fingerprint density at radius 3 is 2.77 bits per heavy atom. The lowest BCUT2D eigenvalue weighted by molar-refractivity contribution is 0.0748. The van der Waals surface area contributed by atoms with Gasteiger partial charge >= 0.3 is 0 Å². The number of fused-ring (bicyclic) bond motifs is 2. The van der Waals surface area contributed by atoms with Gasteiger partial charge in [0.05, 0.1) is 24.1 Å². The molecule has 0 saturated heterocycles. The number of methoxy groups -OCH3 is 1. The zero-order valence-electron chi connectivity index (χ0n) is 14.3. The van der Waals surface area contributed by atoms with E-state index in [-0.39, 0.29) is 17.1 Å². The Morgan fingerprint density at radius 1 is 1.19 bits per heavy atom. The Kier molecular flexibility index (Phi) is 3.84. The maximum absolute atomic E-state index is 13.2. The summed E-state index contributed by atoms with van der Waals surface area (Å²) < 4.78 is 11.1. The average Bonchev–Trinajstić information content (AvgIpc) is 2.95. The van der Waals surface area contributed by atoms with E-state index in [0.29, 0.717) is 28.8 Å². The number of ether oxygens (including phenoxy) is 1. The topological polar surface area (TPSA) is 59.8 Å². The first-order valence-electron chi connectivity index (χ1n) is 8.27. The second-order valence-electron chi connectivity index (χ2n) is 6.10. The van der Waals surface area contributed by atoms with Crippen molar-refractivity contribution in [2.45, 2.75) is 6.04 Å². The van der Waals surface area contributed by atoms with Crippen LogP contribution in [0.15, 0.2) is 70.4 Å². The molecule has 4 rings (SSSR count). The lowest BCUT2D eigenvalue weighted by Crippen LogP contribution is -2.29. The van der Waals surface area contributed by atoms with Gasteiger partial charge in [0.2, 0.25) is 5.76 Å². The predicted molar refractivity (Wildman–Crippen MR) is 98.6 cm³/mol. The van der Waals surface area contributed by atoms with Crippen molar-refractivity contribution in [3.8, 4) is 5.75 Å². The van der Waals surface area contributed by atoms with Crippen molar-refractivity contribution >= 4 is 16.9 Å². The molecule has 5 heteroatoms. The lowest BCUT2D eigenvalue weighted by atomic mass is 9.98. The molecule has 1 amide bonds. The van der Waals surface area contributed by atoms with Gasteiger partial charge in [0.15, 0.2) is 5.43 Å². The van der Waals surface area contributed by atoms with Crippen molar-refractivity contribution in [1.82, 2.24) is 4.90 Å². The third kappa shape index (κ3) is 2.32. The van der Waals surface area contributed by atoms with Crippen molar-refractivity contribution in [2.75, 3.05) is 13.7 Å². The van der Waals surface area contributed by atoms with Gasteiger partial charge < -0.3 is 14.1 Å². The van der Waals surface area contributed by atoms with Crippen LogP contribution in [0.25, 0.3) is 11.0 Å². The number of hydrogen-bond donors (Lipinski definition) is 0. The quantitative estimate of drug-likeness (QED) is 0.678. The largest absolute Gasteiger partial charge is 0.497 e. The van der Waals surface area contributed by atoms with Crippen LogP contribution in [0.4, 0.5) is 0 Å². The maximum Gasteiger partial charge on any atom is 0.291 e. The highest BCUT2D eigenvalue weighted by atomic mass is 16.5. The summed E-state index contributed by atoms with van der Waals surface area (Å²) in [5.74, 6) is 0.450. The van der Waals surface area contributed by atoms with Crippen LogP contribution in [-0.2, 0) is 0 Å². The van der Waals surface area contributed by atoms with Crippen LogP contribution in [-0.4, -0.2) is 24.5 Å². The number of hydrogen-bond acceptors (Lipinski definition) is 4. The Morgan fingerprint density at radius 2 is 2.00 bits per heavy atom. The summed E-state index contributed by atoms with van der Waals surface area (Å²) in [4.78, 5) is 27.7. The molecule has 0 fully saturated rings. The van der Waals surface area contributed by atoms with Crippen molar-refractivity contribution < 1.29 is 13.9 Å². The molecule has 0 N–H and O–H groups in total. The van der Waals surface area contributed by atoms with Crippen LogP contribution in [0.3, 0.4) is 0 Å². The van der Waals surface area contributed by atoms with Crippen molar-refractivity contribution in [1.29, 1.82) is 0 Å². The third-order valence-corrected chi connectivity index (χ3v) is 4.61. The fourth-order valence-electron chi connectivity index (χ4n) is 3.45. The molecule has 26 heavy (non-hydrogen) atoms. The Bertz CT molecular complexity index is 1080. The van der Waals surface area contributed by atoms with Gasteiger partial charge in [-0.2, -0.15) is 0 Å². The van der Waals surface area contributed by atoms with E-state index < -0.39 is 6.04 Å². The molecule has 1 aliphatic heterocycles. The molecule has 2 aromatic carbocycles. The molecular weight excluding hydrogens is 330 g/mol. The molecule has 5 nitrogen and oxygen atoms in total. The van der Waals surface area contributed by atoms with E-state index in [1.54, 1.807) is 42.4 Å². The van der Waals surface area contributed by atoms with Crippen molar-refractivity contribution in [2.24, 2.45) is 0 Å². The van der Waals surface area contributed by atoms with Crippen molar-refractivity contribution in [3.05, 3.63) is 88.3 Å².